The number of carbonyl (C=O) groups is 1. The Balaban J connectivity index is 1.41. The van der Waals surface area contributed by atoms with Gasteiger partial charge in [-0.2, -0.15) is 0 Å². The van der Waals surface area contributed by atoms with Crippen molar-refractivity contribution >= 4 is 15.7 Å². The largest absolute Gasteiger partial charge is 0.353 e. The van der Waals surface area contributed by atoms with Crippen molar-refractivity contribution in [3.05, 3.63) is 35.4 Å². The van der Waals surface area contributed by atoms with Crippen LogP contribution in [0.1, 0.15) is 42.7 Å². The second kappa shape index (κ2) is 7.87. The molecule has 0 saturated carbocycles. The molecule has 1 aromatic rings. The van der Waals surface area contributed by atoms with Crippen LogP contribution < -0.4 is 5.32 Å². The third kappa shape index (κ3) is 5.28. The smallest absolute Gasteiger partial charge is 0.220 e. The SMILES string of the molecule is CS(=O)(=O)CCN1CCC(NC(=O)C[C@@H]2CCc3ccccc32)CC1. The van der Waals surface area contributed by atoms with Gasteiger partial charge in [0.25, 0.3) is 0 Å². The van der Waals surface area contributed by atoms with Crippen LogP contribution in [0.4, 0.5) is 0 Å². The summed E-state index contributed by atoms with van der Waals surface area (Å²) < 4.78 is 22.5. The second-order valence-electron chi connectivity index (χ2n) is 7.45. The molecule has 5 nitrogen and oxygen atoms in total. The van der Waals surface area contributed by atoms with Gasteiger partial charge < -0.3 is 10.2 Å². The highest BCUT2D eigenvalue weighted by atomic mass is 32.2. The summed E-state index contributed by atoms with van der Waals surface area (Å²) in [6, 6.07) is 8.67. The average molecular weight is 365 g/mol. The van der Waals surface area contributed by atoms with Crippen LogP contribution in [0.25, 0.3) is 0 Å². The van der Waals surface area contributed by atoms with Gasteiger partial charge in [-0.25, -0.2) is 8.42 Å². The van der Waals surface area contributed by atoms with Crippen LogP contribution in [-0.2, 0) is 21.1 Å². The number of fused-ring (bicyclic) bond motifs is 1. The zero-order valence-electron chi connectivity index (χ0n) is 14.9. The molecule has 1 atom stereocenters. The number of hydrogen-bond donors (Lipinski definition) is 1. The van der Waals surface area contributed by atoms with Crippen molar-refractivity contribution in [2.75, 3.05) is 31.6 Å². The highest BCUT2D eigenvalue weighted by Crippen LogP contribution is 2.35. The summed E-state index contributed by atoms with van der Waals surface area (Å²) >= 11 is 0. The number of sulfone groups is 1. The number of piperidine rings is 1. The molecule has 1 fully saturated rings. The number of benzene rings is 1. The molecule has 1 aliphatic heterocycles. The van der Waals surface area contributed by atoms with Crippen molar-refractivity contribution in [2.24, 2.45) is 0 Å². The Hall–Kier alpha value is -1.40. The van der Waals surface area contributed by atoms with Crippen molar-refractivity contribution in [1.82, 2.24) is 10.2 Å². The molecule has 0 aromatic heterocycles. The number of likely N-dealkylation sites (tertiary alicyclic amines) is 1. The van der Waals surface area contributed by atoms with Crippen molar-refractivity contribution < 1.29 is 13.2 Å². The molecule has 1 amide bonds. The predicted molar refractivity (Wildman–Crippen MR) is 99.4 cm³/mol. The number of hydrogen-bond acceptors (Lipinski definition) is 4. The van der Waals surface area contributed by atoms with E-state index in [4.69, 9.17) is 0 Å². The van der Waals surface area contributed by atoms with Crippen molar-refractivity contribution in [3.8, 4) is 0 Å². The summed E-state index contributed by atoms with van der Waals surface area (Å²) in [6.45, 7) is 2.30. The summed E-state index contributed by atoms with van der Waals surface area (Å²) in [5, 5.41) is 3.19. The lowest BCUT2D eigenvalue weighted by atomic mass is 9.97. The van der Waals surface area contributed by atoms with Gasteiger partial charge in [-0.3, -0.25) is 4.79 Å². The van der Waals surface area contributed by atoms with E-state index in [1.165, 1.54) is 17.4 Å². The highest BCUT2D eigenvalue weighted by Gasteiger charge is 2.26. The fourth-order valence-electron chi connectivity index (χ4n) is 3.96. The van der Waals surface area contributed by atoms with Crippen LogP contribution in [0.3, 0.4) is 0 Å². The Morgan fingerprint density at radius 2 is 1.92 bits per heavy atom. The first-order valence-corrected chi connectivity index (χ1v) is 11.2. The van der Waals surface area contributed by atoms with E-state index < -0.39 is 9.84 Å². The third-order valence-corrected chi connectivity index (χ3v) is 6.34. The fourth-order valence-corrected chi connectivity index (χ4v) is 4.55. The standard InChI is InChI=1S/C19H28N2O3S/c1-25(23,24)13-12-21-10-8-17(9-11-21)20-19(22)14-16-7-6-15-4-2-3-5-18(15)16/h2-5,16-17H,6-14H2,1H3,(H,20,22)/t16-/m0/s1. The molecule has 1 aromatic carbocycles. The van der Waals surface area contributed by atoms with E-state index in [0.717, 1.165) is 38.8 Å². The molecular formula is C19H28N2O3S. The molecule has 0 radical (unpaired) electrons. The van der Waals surface area contributed by atoms with Crippen molar-refractivity contribution in [1.29, 1.82) is 0 Å². The van der Waals surface area contributed by atoms with Crippen LogP contribution in [0.5, 0.6) is 0 Å². The molecule has 6 heteroatoms. The van der Waals surface area contributed by atoms with Gasteiger partial charge in [0.15, 0.2) is 0 Å². The Kier molecular flexibility index (Phi) is 5.79. The number of rotatable bonds is 6. The minimum Gasteiger partial charge on any atom is -0.353 e. The van der Waals surface area contributed by atoms with E-state index >= 15 is 0 Å². The molecule has 138 valence electrons. The molecule has 0 spiro atoms. The second-order valence-corrected chi connectivity index (χ2v) is 9.71. The fraction of sp³-hybridized carbons (Fsp3) is 0.632. The molecule has 1 aliphatic carbocycles. The number of nitrogens with zero attached hydrogens (tertiary/aromatic N) is 1. The number of amides is 1. The molecular weight excluding hydrogens is 336 g/mol. The highest BCUT2D eigenvalue weighted by molar-refractivity contribution is 7.90. The van der Waals surface area contributed by atoms with E-state index in [1.807, 2.05) is 0 Å². The maximum absolute atomic E-state index is 12.4. The average Bonchev–Trinajstić information content (AvgIpc) is 2.97. The topological polar surface area (TPSA) is 66.5 Å². The van der Waals surface area contributed by atoms with Gasteiger partial charge in [0.2, 0.25) is 5.91 Å². The normalized spacial score (nSPS) is 21.9. The minimum absolute atomic E-state index is 0.149. The summed E-state index contributed by atoms with van der Waals surface area (Å²) in [5.74, 6) is 0.716. The molecule has 1 saturated heterocycles. The van der Waals surface area contributed by atoms with Gasteiger partial charge >= 0.3 is 0 Å². The van der Waals surface area contributed by atoms with E-state index in [2.05, 4.69) is 34.5 Å². The first kappa shape index (κ1) is 18.4. The van der Waals surface area contributed by atoms with Gasteiger partial charge in [0.1, 0.15) is 9.84 Å². The van der Waals surface area contributed by atoms with Gasteiger partial charge in [0, 0.05) is 38.4 Å². The summed E-state index contributed by atoms with van der Waals surface area (Å²) in [6.07, 6.45) is 5.80. The molecule has 0 bridgehead atoms. The summed E-state index contributed by atoms with van der Waals surface area (Å²) in [5.41, 5.74) is 2.73. The zero-order valence-corrected chi connectivity index (χ0v) is 15.7. The van der Waals surface area contributed by atoms with Gasteiger partial charge in [-0.05, 0) is 42.7 Å². The first-order chi connectivity index (χ1) is 11.9. The molecule has 1 N–H and O–H groups in total. The maximum atomic E-state index is 12.4. The Morgan fingerprint density at radius 1 is 1.20 bits per heavy atom. The molecule has 0 unspecified atom stereocenters. The van der Waals surface area contributed by atoms with Crippen LogP contribution in [0, 0.1) is 0 Å². The van der Waals surface area contributed by atoms with Crippen molar-refractivity contribution in [2.45, 2.75) is 44.1 Å². The molecule has 2 aliphatic rings. The van der Waals surface area contributed by atoms with Crippen molar-refractivity contribution in [3.63, 3.8) is 0 Å². The van der Waals surface area contributed by atoms with Gasteiger partial charge in [-0.15, -0.1) is 0 Å². The lowest BCUT2D eigenvalue weighted by Crippen LogP contribution is -2.45. The van der Waals surface area contributed by atoms with Gasteiger partial charge in [-0.1, -0.05) is 24.3 Å². The Morgan fingerprint density at radius 3 is 2.64 bits per heavy atom. The Labute approximate surface area is 150 Å². The monoisotopic (exact) mass is 364 g/mol. The number of carbonyl (C=O) groups excluding carboxylic acids is 1. The summed E-state index contributed by atoms with van der Waals surface area (Å²) in [4.78, 5) is 14.6. The Bertz CT molecular complexity index is 709. The van der Waals surface area contributed by atoms with E-state index in [0.29, 0.717) is 18.9 Å². The predicted octanol–water partition coefficient (Wildman–Crippen LogP) is 1.73. The van der Waals surface area contributed by atoms with E-state index in [-0.39, 0.29) is 17.7 Å². The third-order valence-electron chi connectivity index (χ3n) is 5.42. The molecule has 3 rings (SSSR count). The van der Waals surface area contributed by atoms with Crippen LogP contribution >= 0.6 is 0 Å². The summed E-state index contributed by atoms with van der Waals surface area (Å²) in [7, 11) is -2.91. The first-order valence-electron chi connectivity index (χ1n) is 9.18. The lowest BCUT2D eigenvalue weighted by molar-refractivity contribution is -0.122. The van der Waals surface area contributed by atoms with E-state index in [1.54, 1.807) is 0 Å². The number of nitrogens with one attached hydrogen (secondary N) is 1. The lowest BCUT2D eigenvalue weighted by Gasteiger charge is -2.32. The minimum atomic E-state index is -2.91. The van der Waals surface area contributed by atoms with E-state index in [9.17, 15) is 13.2 Å². The molecule has 25 heavy (non-hydrogen) atoms. The van der Waals surface area contributed by atoms with Crippen LogP contribution in [0.2, 0.25) is 0 Å². The molecule has 1 heterocycles. The number of aryl methyl sites for hydroxylation is 1. The van der Waals surface area contributed by atoms with Gasteiger partial charge in [0.05, 0.1) is 5.75 Å². The maximum Gasteiger partial charge on any atom is 0.220 e. The quantitative estimate of drug-likeness (QED) is 0.835. The van der Waals surface area contributed by atoms with Crippen LogP contribution in [-0.4, -0.2) is 56.9 Å². The zero-order chi connectivity index (χ0) is 17.9. The van der Waals surface area contributed by atoms with Crippen LogP contribution in [0.15, 0.2) is 24.3 Å².